The van der Waals surface area contributed by atoms with Gasteiger partial charge < -0.3 is 4.74 Å². The number of hydrogen-bond acceptors (Lipinski definition) is 3. The van der Waals surface area contributed by atoms with Crippen LogP contribution in [0.3, 0.4) is 0 Å². The molecule has 1 aromatic rings. The summed E-state index contributed by atoms with van der Waals surface area (Å²) in [6.45, 7) is 3.97. The van der Waals surface area contributed by atoms with Crippen LogP contribution in [-0.2, 0) is 16.0 Å². The number of unbranched alkanes of at least 4 members (excludes halogenated alkanes) is 3. The summed E-state index contributed by atoms with van der Waals surface area (Å²) in [5.41, 5.74) is 1.11. The van der Waals surface area contributed by atoms with E-state index in [2.05, 4.69) is 6.58 Å². The molecule has 2 rings (SSSR count). The highest BCUT2D eigenvalue weighted by Crippen LogP contribution is 2.19. The zero-order chi connectivity index (χ0) is 15.8. The summed E-state index contributed by atoms with van der Waals surface area (Å²) in [4.78, 5) is 25.4. The molecule has 1 aliphatic heterocycles. The van der Waals surface area contributed by atoms with E-state index in [1.807, 2.05) is 36.4 Å². The van der Waals surface area contributed by atoms with E-state index < -0.39 is 6.09 Å². The summed E-state index contributed by atoms with van der Waals surface area (Å²) in [5.74, 6) is -0.123. The van der Waals surface area contributed by atoms with Gasteiger partial charge in [0.25, 0.3) is 0 Å². The molecule has 1 heterocycles. The van der Waals surface area contributed by atoms with E-state index in [0.717, 1.165) is 31.2 Å². The van der Waals surface area contributed by atoms with E-state index in [4.69, 9.17) is 4.74 Å². The Hall–Kier alpha value is -2.10. The first kappa shape index (κ1) is 16.3. The average molecular weight is 301 g/mol. The Morgan fingerprint density at radius 2 is 2.05 bits per heavy atom. The number of cyclic esters (lactones) is 1. The molecular formula is C18H23NO3. The molecule has 0 bridgehead atoms. The number of nitrogens with zero attached hydrogens (tertiary/aromatic N) is 1. The molecule has 0 saturated carbocycles. The molecule has 1 fully saturated rings. The quantitative estimate of drug-likeness (QED) is 0.543. The lowest BCUT2D eigenvalue weighted by Gasteiger charge is -2.19. The number of imide groups is 1. The van der Waals surface area contributed by atoms with E-state index in [9.17, 15) is 9.59 Å². The minimum atomic E-state index is -0.503. The molecule has 0 aliphatic carbocycles. The highest BCUT2D eigenvalue weighted by Gasteiger charge is 2.37. The van der Waals surface area contributed by atoms with Gasteiger partial charge in [-0.3, -0.25) is 4.79 Å². The lowest BCUT2D eigenvalue weighted by atomic mass is 10.1. The van der Waals surface area contributed by atoms with Gasteiger partial charge in [0.05, 0.1) is 6.04 Å². The Bertz CT molecular complexity index is 512. The second kappa shape index (κ2) is 8.37. The normalized spacial score (nSPS) is 17.4. The van der Waals surface area contributed by atoms with Gasteiger partial charge in [0, 0.05) is 6.42 Å². The van der Waals surface area contributed by atoms with E-state index >= 15 is 0 Å². The molecule has 1 aromatic carbocycles. The van der Waals surface area contributed by atoms with Gasteiger partial charge in [-0.15, -0.1) is 6.58 Å². The van der Waals surface area contributed by atoms with Crippen molar-refractivity contribution in [3.63, 3.8) is 0 Å². The summed E-state index contributed by atoms with van der Waals surface area (Å²) >= 11 is 0. The minimum absolute atomic E-state index is 0.123. The van der Waals surface area contributed by atoms with Crippen LogP contribution in [0.2, 0.25) is 0 Å². The second-order valence-corrected chi connectivity index (χ2v) is 5.57. The Balaban J connectivity index is 1.87. The molecule has 0 N–H and O–H groups in total. The molecule has 1 atom stereocenters. The monoisotopic (exact) mass is 301 g/mol. The largest absolute Gasteiger partial charge is 0.447 e. The molecule has 1 aliphatic rings. The van der Waals surface area contributed by atoms with Gasteiger partial charge in [0.15, 0.2) is 0 Å². The number of amides is 2. The third-order valence-corrected chi connectivity index (χ3v) is 3.84. The average Bonchev–Trinajstić information content (AvgIpc) is 2.88. The Labute approximate surface area is 131 Å². The molecule has 0 aromatic heterocycles. The van der Waals surface area contributed by atoms with Crippen molar-refractivity contribution in [3.8, 4) is 0 Å². The van der Waals surface area contributed by atoms with E-state index in [-0.39, 0.29) is 18.6 Å². The first-order valence-corrected chi connectivity index (χ1v) is 7.86. The van der Waals surface area contributed by atoms with Crippen LogP contribution in [0.4, 0.5) is 4.79 Å². The van der Waals surface area contributed by atoms with Crippen LogP contribution >= 0.6 is 0 Å². The van der Waals surface area contributed by atoms with E-state index in [1.165, 1.54) is 4.90 Å². The Morgan fingerprint density at radius 1 is 1.27 bits per heavy atom. The summed E-state index contributed by atoms with van der Waals surface area (Å²) in [7, 11) is 0. The summed E-state index contributed by atoms with van der Waals surface area (Å²) < 4.78 is 5.07. The molecular weight excluding hydrogens is 278 g/mol. The van der Waals surface area contributed by atoms with Gasteiger partial charge in [-0.1, -0.05) is 42.8 Å². The van der Waals surface area contributed by atoms with Crippen molar-refractivity contribution in [1.82, 2.24) is 4.90 Å². The van der Waals surface area contributed by atoms with Crippen LogP contribution in [0.1, 0.15) is 37.7 Å². The van der Waals surface area contributed by atoms with Gasteiger partial charge in [0.1, 0.15) is 6.61 Å². The van der Waals surface area contributed by atoms with Crippen molar-refractivity contribution in [2.45, 2.75) is 44.6 Å². The first-order chi connectivity index (χ1) is 10.7. The molecule has 118 valence electrons. The van der Waals surface area contributed by atoms with Crippen molar-refractivity contribution < 1.29 is 14.3 Å². The molecule has 0 unspecified atom stereocenters. The van der Waals surface area contributed by atoms with Gasteiger partial charge in [0.2, 0.25) is 5.91 Å². The molecule has 2 amide bonds. The Kier molecular flexibility index (Phi) is 6.19. The third kappa shape index (κ3) is 4.45. The second-order valence-electron chi connectivity index (χ2n) is 5.57. The maximum absolute atomic E-state index is 12.3. The van der Waals surface area contributed by atoms with Gasteiger partial charge in [-0.05, 0) is 31.2 Å². The Morgan fingerprint density at radius 3 is 2.77 bits per heavy atom. The number of carbonyl (C=O) groups is 2. The molecule has 0 radical (unpaired) electrons. The molecule has 1 saturated heterocycles. The van der Waals surface area contributed by atoms with Crippen molar-refractivity contribution in [1.29, 1.82) is 0 Å². The first-order valence-electron chi connectivity index (χ1n) is 7.86. The molecule has 22 heavy (non-hydrogen) atoms. The zero-order valence-electron chi connectivity index (χ0n) is 12.9. The van der Waals surface area contributed by atoms with Crippen LogP contribution in [0.5, 0.6) is 0 Å². The predicted molar refractivity (Wildman–Crippen MR) is 85.4 cm³/mol. The van der Waals surface area contributed by atoms with E-state index in [1.54, 1.807) is 0 Å². The van der Waals surface area contributed by atoms with Crippen LogP contribution in [0, 0.1) is 0 Å². The minimum Gasteiger partial charge on any atom is -0.447 e. The lowest BCUT2D eigenvalue weighted by molar-refractivity contribution is -0.129. The molecule has 4 nitrogen and oxygen atoms in total. The SMILES string of the molecule is C=CCCCCCC(=O)N1C(=O)OC[C@H]1Cc1ccccc1. The highest BCUT2D eigenvalue weighted by atomic mass is 16.6. The maximum Gasteiger partial charge on any atom is 0.416 e. The van der Waals surface area contributed by atoms with Crippen molar-refractivity contribution in [3.05, 3.63) is 48.6 Å². The van der Waals surface area contributed by atoms with Crippen molar-refractivity contribution in [2.24, 2.45) is 0 Å². The third-order valence-electron chi connectivity index (χ3n) is 3.84. The number of allylic oxidation sites excluding steroid dienone is 1. The fraction of sp³-hybridized carbons (Fsp3) is 0.444. The maximum atomic E-state index is 12.3. The van der Waals surface area contributed by atoms with Crippen molar-refractivity contribution in [2.75, 3.05) is 6.61 Å². The van der Waals surface area contributed by atoms with Crippen LogP contribution in [0.25, 0.3) is 0 Å². The summed E-state index contributed by atoms with van der Waals surface area (Å²) in [6.07, 6.45) is 6.21. The van der Waals surface area contributed by atoms with Crippen LogP contribution in [-0.4, -0.2) is 29.5 Å². The summed E-state index contributed by atoms with van der Waals surface area (Å²) in [5, 5.41) is 0. The van der Waals surface area contributed by atoms with Gasteiger partial charge in [-0.25, -0.2) is 9.69 Å². The van der Waals surface area contributed by atoms with Crippen LogP contribution in [0.15, 0.2) is 43.0 Å². The number of carbonyl (C=O) groups excluding carboxylic acids is 2. The standard InChI is InChI=1S/C18H23NO3/c1-2-3-4-5-9-12-17(20)19-16(14-22-18(19)21)13-15-10-7-6-8-11-15/h2,6-8,10-11,16H,1,3-5,9,12-14H2/t16-/m1/s1. The molecule has 0 spiro atoms. The molecule has 4 heteroatoms. The van der Waals surface area contributed by atoms with Gasteiger partial charge >= 0.3 is 6.09 Å². The topological polar surface area (TPSA) is 46.6 Å². The van der Waals surface area contributed by atoms with Crippen molar-refractivity contribution >= 4 is 12.0 Å². The fourth-order valence-electron chi connectivity index (χ4n) is 2.66. The number of rotatable bonds is 8. The number of hydrogen-bond donors (Lipinski definition) is 0. The number of ether oxygens (including phenoxy) is 1. The summed E-state index contributed by atoms with van der Waals surface area (Å²) in [6, 6.07) is 9.68. The fourth-order valence-corrected chi connectivity index (χ4v) is 2.66. The zero-order valence-corrected chi connectivity index (χ0v) is 12.9. The van der Waals surface area contributed by atoms with Gasteiger partial charge in [-0.2, -0.15) is 0 Å². The predicted octanol–water partition coefficient (Wildman–Crippen LogP) is 3.71. The van der Waals surface area contributed by atoms with E-state index in [0.29, 0.717) is 12.8 Å². The lowest BCUT2D eigenvalue weighted by Crippen LogP contribution is -2.40. The number of benzene rings is 1. The smallest absolute Gasteiger partial charge is 0.416 e. The van der Waals surface area contributed by atoms with Crippen LogP contribution < -0.4 is 0 Å². The highest BCUT2D eigenvalue weighted by molar-refractivity contribution is 5.93.